The molecule has 2 amide bonds. The summed E-state index contributed by atoms with van der Waals surface area (Å²) in [4.78, 5) is 117. The fraction of sp³-hybridized carbons (Fsp3) is 0.481. The van der Waals surface area contributed by atoms with Crippen LogP contribution in [0.15, 0.2) is 67.6 Å². The second-order valence-electron chi connectivity index (χ2n) is 24.9. The minimum Gasteiger partial charge on any atom is -0.382 e. The first-order valence-corrected chi connectivity index (χ1v) is 268. The summed E-state index contributed by atoms with van der Waals surface area (Å²) < 4.78 is 114. The van der Waals surface area contributed by atoms with Crippen molar-refractivity contribution in [1.29, 1.82) is 0 Å². The molecule has 38 nitrogen and oxygen atoms in total. The molecule has 137 heavy (non-hydrogen) atoms. The first-order valence-electron chi connectivity index (χ1n) is 34.7. The summed E-state index contributed by atoms with van der Waals surface area (Å²) in [7, 11) is -8.15. The van der Waals surface area contributed by atoms with Gasteiger partial charge in [-0.25, -0.2) is 54.8 Å². The van der Waals surface area contributed by atoms with E-state index in [0.717, 1.165) is 0 Å². The van der Waals surface area contributed by atoms with Gasteiger partial charge >= 0.3 is 512 Å². The Kier molecular flexibility index (Phi) is 67.3. The number of imidazole rings is 3. The van der Waals surface area contributed by atoms with E-state index in [9.17, 15) is 28.6 Å². The summed E-state index contributed by atoms with van der Waals surface area (Å²) in [5, 5.41) is 5.29. The molecule has 13 rings (SSSR count). The minimum absolute atomic E-state index is 0. The Balaban J connectivity index is 0.000000219. The molecule has 4 bridgehead atoms. The van der Waals surface area contributed by atoms with Crippen LogP contribution in [0.1, 0.15) is 49.5 Å². The van der Waals surface area contributed by atoms with Gasteiger partial charge in [0.2, 0.25) is 30.0 Å². The number of H-pyrrole nitrogens is 2. The number of aromatic nitrogens is 12. The van der Waals surface area contributed by atoms with Gasteiger partial charge in [-0.3, -0.25) is 57.6 Å². The number of benzene rings is 1. The number of amidine groups is 1. The average molecular weight is 6150 g/mol. The van der Waals surface area contributed by atoms with E-state index >= 15 is 8.78 Å². The zero-order valence-corrected chi connectivity index (χ0v) is 151. The molecule has 12 heterocycles. The van der Waals surface area contributed by atoms with Gasteiger partial charge in [0.25, 0.3) is 17.0 Å². The number of fused-ring (bicyclic) bond motifs is 12. The molecule has 9 N–H and O–H groups in total. The van der Waals surface area contributed by atoms with Crippen molar-refractivity contribution in [2.45, 2.75) is 109 Å². The summed E-state index contributed by atoms with van der Waals surface area (Å²) in [6, 6.07) is 7.60. The monoisotopic (exact) mass is 6140 g/mol. The first kappa shape index (κ1) is 139. The Morgan fingerprint density at radius 2 is 1.18 bits per heavy atom. The number of nitrogens with two attached hydrogens (primary N) is 2. The first-order chi connectivity index (χ1) is 64.0. The number of thiol groups is 2. The largest absolute Gasteiger partial charge is 0.387 e. The molecule has 0 saturated carbocycles. The van der Waals surface area contributed by atoms with Crippen LogP contribution in [-0.4, -0.2) is 198 Å². The van der Waals surface area contributed by atoms with Gasteiger partial charge in [-0.15, -0.1) is 0 Å². The number of halogens is 38. The molecule has 2 fully saturated rings. The van der Waals surface area contributed by atoms with Crippen LogP contribution < -0.4 is 50.4 Å². The molecule has 0 aliphatic carbocycles. The maximum Gasteiger partial charge on any atom is 0.387 e. The van der Waals surface area contributed by atoms with E-state index < -0.39 is 262 Å². The third kappa shape index (κ3) is 39.4. The Labute approximate surface area is 1050 Å². The molecule has 6 aromatic heterocycles. The van der Waals surface area contributed by atoms with Crippen LogP contribution in [0, 0.1) is 12.5 Å². The van der Waals surface area contributed by atoms with E-state index in [0.29, 0.717) is 22.8 Å². The van der Waals surface area contributed by atoms with Crippen LogP contribution in [0.5, 0.6) is 0 Å². The second-order valence-corrected chi connectivity index (χ2v) is 874. The number of nitrogen functional groups attached to an aromatic ring is 2. The van der Waals surface area contributed by atoms with Crippen molar-refractivity contribution in [2.75, 3.05) is 61.3 Å². The number of carbonyl (C=O) groups is 2. The average Bonchev–Trinajstić information content (AvgIpc) is 1.62. The van der Waals surface area contributed by atoms with Gasteiger partial charge in [0.1, 0.15) is 79.9 Å². The molecular weight excluding hydrogens is 6080 g/mol. The third-order valence-electron chi connectivity index (χ3n) is 16.6. The van der Waals surface area contributed by atoms with Crippen molar-refractivity contribution in [3.63, 3.8) is 0 Å². The van der Waals surface area contributed by atoms with Crippen LogP contribution in [0.3, 0.4) is 0 Å². The fourth-order valence-corrected chi connectivity index (χ4v) is 6390. The minimum atomic E-state index is -4.50. The molecule has 6 aliphatic rings. The van der Waals surface area contributed by atoms with Gasteiger partial charge in [-0.05, 0) is 47.6 Å². The predicted molar refractivity (Wildman–Crippen MR) is 869 cm³/mol. The molecule has 2 saturated heterocycles. The van der Waals surface area contributed by atoms with Crippen molar-refractivity contribution in [3.8, 4) is 0 Å². The summed E-state index contributed by atoms with van der Waals surface area (Å²) >= 11 is 83.5. The normalized spacial score (nSPS) is 27.1. The summed E-state index contributed by atoms with van der Waals surface area (Å²) in [5.74, 6) is -1.19. The number of aromatic amines is 2. The van der Waals surface area contributed by atoms with E-state index in [2.05, 4.69) is 440 Å². The van der Waals surface area contributed by atoms with Gasteiger partial charge in [0.05, 0.1) is 39.1 Å². The number of hydrogen-bond donors (Lipinski definition) is 9. The van der Waals surface area contributed by atoms with Crippen molar-refractivity contribution < 1.29 is 95.2 Å². The number of carbonyl (C=O) groups excluding carboxylic acids is 2. The fourth-order valence-electron chi connectivity index (χ4n) is 11.0. The van der Waals surface area contributed by atoms with Gasteiger partial charge in [0, 0.05) is 24.6 Å². The summed E-state index contributed by atoms with van der Waals surface area (Å²) in [6.45, 7) is -4.44. The van der Waals surface area contributed by atoms with Crippen molar-refractivity contribution in [3.05, 3.63) is 92.3 Å². The number of nitrogens with one attached hydrogen (secondary N) is 4. The maximum atomic E-state index is 16.6. The Morgan fingerprint density at radius 1 is 0.664 bits per heavy atom. The number of hydrogen-bond acceptors (Lipinski definition) is 32. The number of aliphatic imine (C=N–C) groups is 3. The van der Waals surface area contributed by atoms with Crippen LogP contribution >= 0.6 is 520 Å². The van der Waals surface area contributed by atoms with Crippen molar-refractivity contribution in [1.82, 2.24) is 68.8 Å². The van der Waals surface area contributed by atoms with Crippen LogP contribution in [0.25, 0.3) is 38.3 Å². The molecule has 6 aliphatic heterocycles. The number of amides is 2. The van der Waals surface area contributed by atoms with Gasteiger partial charge in [-0.1, -0.05) is 64.0 Å². The molecule has 1 aromatic carbocycles. The molecule has 0 spiro atoms. The van der Waals surface area contributed by atoms with E-state index in [1.807, 2.05) is 0 Å². The molecule has 0 radical (unpaired) electrons. The van der Waals surface area contributed by atoms with Crippen molar-refractivity contribution in [2.24, 2.45) is 20.9 Å². The summed E-state index contributed by atoms with van der Waals surface area (Å²) in [5.41, 5.74) is 7.87. The molecular formula is C52H64F2I36N21O17P4S5-. The Morgan fingerprint density at radius 3 is 1.74 bits per heavy atom. The predicted octanol–water partition coefficient (Wildman–Crippen LogP) is 32.3. The molecule has 7 aromatic rings. The van der Waals surface area contributed by atoms with Crippen LogP contribution in [0.4, 0.5) is 26.5 Å². The summed E-state index contributed by atoms with van der Waals surface area (Å²) in [6.07, 6.45) is -8.25. The third-order valence-corrected chi connectivity index (χ3v) is 2700. The zero-order valence-electron chi connectivity index (χ0n) is 65.7. The number of anilines is 3. The number of nitrogens with zero attached hydrogens (tertiary/aromatic N) is 15. The smallest absolute Gasteiger partial charge is 0.382 e. The number of alkyl halides is 3. The molecule has 14 atom stereocenters. The SMILES string of the molecule is C.C[I-]I(I)I(I)I(I)I(I)I(I)I(I)I(I)I(I)I(I)I(I)I(I)I(I)I(I)I(I)I(I)I(I)I(I)I.Nc1nc2c(nc3n2CCOP(=S)(S)OC[C@H]2O[C@@H](n4cnc5c(N)ncnc54)[C@H](OP(O)(=S)OC3)[C@@H]2F)c(=O)[nH]1.[C-]#[N+]CCOP1(=S)OCCn2c(nc3c(=O)[nH]c(NC(=O)C(C)C)nc32)COP(=O)(S)O[C@@H]2[C@H](F)[C@@H](CO1)O[C@H]2N1C=NC2C(NC(=O)c3ccccc3)=NC=NC21. The van der Waals surface area contributed by atoms with E-state index in [1.54, 1.807) is 44.2 Å². The van der Waals surface area contributed by atoms with Gasteiger partial charge in [-0.2, -0.15) is 9.97 Å². The molecule has 85 heteroatoms. The topological polar surface area (TPSA) is 464 Å². The quantitative estimate of drug-likeness (QED) is 0.00641. The molecule has 796 valence electrons. The Bertz CT molecular complexity index is 5870. The van der Waals surface area contributed by atoms with Crippen molar-refractivity contribution >= 4 is 637 Å². The molecule has 6 unspecified atom stereocenters. The van der Waals surface area contributed by atoms with Gasteiger partial charge < -0.3 is 77.2 Å². The van der Waals surface area contributed by atoms with Crippen LogP contribution in [0.2, 0.25) is 0 Å². The second kappa shape index (κ2) is 66.6. The zero-order chi connectivity index (χ0) is 99.8. The van der Waals surface area contributed by atoms with E-state index in [1.165, 1.54) is 43.9 Å². The van der Waals surface area contributed by atoms with E-state index in [4.69, 9.17) is 104 Å². The standard InChI is InChI=1S/C32H36FN11O10P2S2.C18H21FN10O7P2S3.CH3I36.CH4/c1-17(2)28(45)41-32-40-27-23(30(47)42-32)38-20-14-51-55(48,57)54-24-21(33)19(13-52-56(58,49-11-9-34-3)50-12-10-43(20)27)53-31(24)44-16-37-22-25(35-15-36-26(22)44)39-29(46)18-7-5-4-6-8-18;19-9-7-3-34-38(40,41)32-2-1-28-8(25-11-15(28)26-18(21)27-16(11)30)4-33-37(31,39)36-12(9)17(35-7)29-6-24-10-13(20)22-5-23-14(10)29;1-20-22(4)24(6)26(8)28(10)30(12)32(14)34(16)36(18)37(19)35(17)33(15)31(13)29(11)27(9)25(7)23(5)21(2)3;/h4-8,15-17,19,21-22,24,26,31H,9-14H2,1-2H3,(H,48,57)(H,35,36,39,46)(H2,40,41,42,45,47);5-7,9,12,17H,1-4H2,(H,31,39)(H,40,41)(H2,20,22,23)(H3,21,26,27,30);1H3;1H4/q;;-1;/t19-,21-,22?,24-,26?,31-,55?,56?;7-,9-,12-,17-,37?;;/m11../s1. The number of ether oxygens (including phenoxy) is 2. The maximum absolute atomic E-state index is 16.6. The number of rotatable bonds is 25. The van der Waals surface area contributed by atoms with Gasteiger partial charge in [0.15, 0.2) is 70.8 Å². The van der Waals surface area contributed by atoms with E-state index in [-0.39, 0.29) is 130 Å². The van der Waals surface area contributed by atoms with Crippen LogP contribution in [-0.2, 0) is 121 Å². The Hall–Kier alpha value is 19.9.